The molecule has 1 N–H and O–H groups in total. The first-order valence-electron chi connectivity index (χ1n) is 6.92. The van der Waals surface area contributed by atoms with E-state index in [9.17, 15) is 0 Å². The molecule has 20 heavy (non-hydrogen) atoms. The second-order valence-electron chi connectivity index (χ2n) is 5.07. The largest absolute Gasteiger partial charge is 0.250 e. The maximum absolute atomic E-state index is 5.19. The molecular weight excluding hydrogens is 268 g/mol. The molecule has 0 saturated carbocycles. The van der Waals surface area contributed by atoms with Crippen molar-refractivity contribution in [1.29, 1.82) is 0 Å². The zero-order valence-electron chi connectivity index (χ0n) is 12.1. The average Bonchev–Trinajstić information content (AvgIpc) is 2.78. The van der Waals surface area contributed by atoms with Crippen LogP contribution in [-0.2, 0) is 6.42 Å². The van der Waals surface area contributed by atoms with Crippen molar-refractivity contribution in [2.24, 2.45) is 5.10 Å². The summed E-state index contributed by atoms with van der Waals surface area (Å²) in [5.41, 5.74) is 2.38. The quantitative estimate of drug-likeness (QED) is 0.670. The molecule has 0 radical (unpaired) electrons. The van der Waals surface area contributed by atoms with Gasteiger partial charge in [0.05, 0.1) is 6.21 Å². The molecule has 0 atom stereocenters. The fourth-order valence-electron chi connectivity index (χ4n) is 1.92. The summed E-state index contributed by atoms with van der Waals surface area (Å²) in [5.74, 6) is 1.41. The van der Waals surface area contributed by atoms with Crippen molar-refractivity contribution >= 4 is 18.4 Å². The maximum Gasteiger partial charge on any atom is 0.216 e. The summed E-state index contributed by atoms with van der Waals surface area (Å²) in [6.45, 7) is 6.48. The molecule has 2 rings (SSSR count). The molecule has 1 aromatic carbocycles. The normalized spacial score (nSPS) is 11.6. The molecule has 0 unspecified atom stereocenters. The van der Waals surface area contributed by atoms with E-state index in [0.717, 1.165) is 24.2 Å². The number of benzene rings is 1. The predicted molar refractivity (Wildman–Crippen MR) is 84.9 cm³/mol. The molecule has 4 nitrogen and oxygen atoms in total. The standard InChI is InChI=1S/C15H20N4S/c1-4-5-14-17-18-15(20)19(14)16-10-12-6-8-13(9-7-12)11(2)3/h6-11H,4-5H2,1-3H3,(H,18,20)/b16-10+. The van der Waals surface area contributed by atoms with Crippen molar-refractivity contribution in [3.63, 3.8) is 0 Å². The number of aromatic amines is 1. The van der Waals surface area contributed by atoms with Crippen LogP contribution >= 0.6 is 12.2 Å². The molecule has 106 valence electrons. The summed E-state index contributed by atoms with van der Waals surface area (Å²) in [5, 5.41) is 11.4. The van der Waals surface area contributed by atoms with Gasteiger partial charge in [0.1, 0.15) is 0 Å². The van der Waals surface area contributed by atoms with Gasteiger partial charge in [0.2, 0.25) is 4.77 Å². The van der Waals surface area contributed by atoms with Gasteiger partial charge in [-0.25, -0.2) is 0 Å². The van der Waals surface area contributed by atoms with Gasteiger partial charge in [-0.3, -0.25) is 5.10 Å². The van der Waals surface area contributed by atoms with Crippen LogP contribution in [0.1, 0.15) is 50.1 Å². The Hall–Kier alpha value is -1.75. The Balaban J connectivity index is 2.21. The molecule has 0 aliphatic carbocycles. The number of aromatic nitrogens is 3. The van der Waals surface area contributed by atoms with Crippen LogP contribution in [0.4, 0.5) is 0 Å². The van der Waals surface area contributed by atoms with Gasteiger partial charge >= 0.3 is 0 Å². The van der Waals surface area contributed by atoms with Crippen LogP contribution in [0.15, 0.2) is 29.4 Å². The molecule has 0 fully saturated rings. The monoisotopic (exact) mass is 288 g/mol. The van der Waals surface area contributed by atoms with Gasteiger partial charge in [0.25, 0.3) is 0 Å². The van der Waals surface area contributed by atoms with Gasteiger partial charge in [-0.15, -0.1) is 0 Å². The van der Waals surface area contributed by atoms with E-state index in [4.69, 9.17) is 12.2 Å². The number of hydrogen-bond donors (Lipinski definition) is 1. The minimum Gasteiger partial charge on any atom is -0.250 e. The van der Waals surface area contributed by atoms with Crippen molar-refractivity contribution in [1.82, 2.24) is 14.9 Å². The van der Waals surface area contributed by atoms with E-state index in [1.54, 1.807) is 4.68 Å². The summed E-state index contributed by atoms with van der Waals surface area (Å²) < 4.78 is 2.22. The molecule has 2 aromatic rings. The van der Waals surface area contributed by atoms with Crippen LogP contribution in [-0.4, -0.2) is 21.1 Å². The molecule has 1 heterocycles. The lowest BCUT2D eigenvalue weighted by Gasteiger charge is -2.04. The first-order valence-corrected chi connectivity index (χ1v) is 7.33. The zero-order valence-corrected chi connectivity index (χ0v) is 12.9. The Morgan fingerprint density at radius 3 is 2.65 bits per heavy atom. The molecular formula is C15H20N4S. The topological polar surface area (TPSA) is 46.0 Å². The molecule has 0 spiro atoms. The van der Waals surface area contributed by atoms with E-state index in [0.29, 0.717) is 10.7 Å². The van der Waals surface area contributed by atoms with Crippen LogP contribution < -0.4 is 0 Å². The first-order chi connectivity index (χ1) is 9.61. The van der Waals surface area contributed by atoms with Crippen LogP contribution in [0.5, 0.6) is 0 Å². The molecule has 1 aromatic heterocycles. The highest BCUT2D eigenvalue weighted by molar-refractivity contribution is 7.71. The van der Waals surface area contributed by atoms with Crippen molar-refractivity contribution in [3.8, 4) is 0 Å². The highest BCUT2D eigenvalue weighted by atomic mass is 32.1. The number of H-pyrrole nitrogens is 1. The summed E-state index contributed by atoms with van der Waals surface area (Å²) in [4.78, 5) is 0. The van der Waals surface area contributed by atoms with E-state index in [1.807, 2.05) is 6.21 Å². The van der Waals surface area contributed by atoms with Crippen molar-refractivity contribution in [3.05, 3.63) is 46.0 Å². The second kappa shape index (κ2) is 6.61. The van der Waals surface area contributed by atoms with Crippen LogP contribution in [0.25, 0.3) is 0 Å². The minimum atomic E-state index is 0.531. The second-order valence-corrected chi connectivity index (χ2v) is 5.46. The lowest BCUT2D eigenvalue weighted by molar-refractivity contribution is 0.740. The number of rotatable bonds is 5. The molecule has 0 amide bonds. The highest BCUT2D eigenvalue weighted by Gasteiger charge is 2.03. The van der Waals surface area contributed by atoms with Gasteiger partial charge in [-0.1, -0.05) is 45.0 Å². The third-order valence-electron chi connectivity index (χ3n) is 3.12. The average molecular weight is 288 g/mol. The number of aryl methyl sites for hydroxylation is 1. The highest BCUT2D eigenvalue weighted by Crippen LogP contribution is 2.14. The minimum absolute atomic E-state index is 0.531. The predicted octanol–water partition coefficient (Wildman–Crippen LogP) is 3.90. The van der Waals surface area contributed by atoms with Gasteiger partial charge in [0, 0.05) is 6.42 Å². The molecule has 0 saturated heterocycles. The van der Waals surface area contributed by atoms with Crippen LogP contribution in [0, 0.1) is 4.77 Å². The fraction of sp³-hybridized carbons (Fsp3) is 0.400. The smallest absolute Gasteiger partial charge is 0.216 e. The number of nitrogens with zero attached hydrogens (tertiary/aromatic N) is 3. The van der Waals surface area contributed by atoms with Gasteiger partial charge < -0.3 is 0 Å². The number of nitrogens with one attached hydrogen (secondary N) is 1. The van der Waals surface area contributed by atoms with Crippen molar-refractivity contribution in [2.75, 3.05) is 0 Å². The Kier molecular flexibility index (Phi) is 4.84. The van der Waals surface area contributed by atoms with E-state index in [-0.39, 0.29) is 0 Å². The van der Waals surface area contributed by atoms with Gasteiger partial charge in [0.15, 0.2) is 5.82 Å². The Labute approximate surface area is 124 Å². The third-order valence-corrected chi connectivity index (χ3v) is 3.38. The van der Waals surface area contributed by atoms with Crippen LogP contribution in [0.3, 0.4) is 0 Å². The van der Waals surface area contributed by atoms with Crippen LogP contribution in [0.2, 0.25) is 0 Å². The number of hydrogen-bond acceptors (Lipinski definition) is 3. The summed E-state index contributed by atoms with van der Waals surface area (Å²) in [6.07, 6.45) is 3.68. The van der Waals surface area contributed by atoms with E-state index in [2.05, 4.69) is 60.3 Å². The summed E-state index contributed by atoms with van der Waals surface area (Å²) >= 11 is 5.19. The SMILES string of the molecule is CCCc1n[nH]c(=S)n1/N=C/c1ccc(C(C)C)cc1. The van der Waals surface area contributed by atoms with Gasteiger partial charge in [-0.2, -0.15) is 14.9 Å². The summed E-state index contributed by atoms with van der Waals surface area (Å²) in [6, 6.07) is 8.41. The third kappa shape index (κ3) is 3.42. The fourth-order valence-corrected chi connectivity index (χ4v) is 2.12. The molecule has 5 heteroatoms. The zero-order chi connectivity index (χ0) is 14.5. The lowest BCUT2D eigenvalue weighted by atomic mass is 10.0. The maximum atomic E-state index is 5.19. The van der Waals surface area contributed by atoms with E-state index >= 15 is 0 Å². The Bertz CT molecular complexity index is 635. The first kappa shape index (κ1) is 14.7. The molecule has 0 bridgehead atoms. The van der Waals surface area contributed by atoms with Gasteiger partial charge in [-0.05, 0) is 35.7 Å². The van der Waals surface area contributed by atoms with E-state index in [1.165, 1.54) is 5.56 Å². The Morgan fingerprint density at radius 1 is 1.35 bits per heavy atom. The molecule has 0 aliphatic heterocycles. The van der Waals surface area contributed by atoms with Crippen molar-refractivity contribution in [2.45, 2.75) is 39.5 Å². The van der Waals surface area contributed by atoms with Crippen molar-refractivity contribution < 1.29 is 0 Å². The Morgan fingerprint density at radius 2 is 2.05 bits per heavy atom. The lowest BCUT2D eigenvalue weighted by Crippen LogP contribution is -1.98. The summed E-state index contributed by atoms with van der Waals surface area (Å²) in [7, 11) is 0. The molecule has 0 aliphatic rings. The van der Waals surface area contributed by atoms with E-state index < -0.39 is 0 Å².